The first kappa shape index (κ1) is 12.2. The minimum atomic E-state index is -1.15. The van der Waals surface area contributed by atoms with Gasteiger partial charge in [-0.15, -0.1) is 0 Å². The number of aryl methyl sites for hydroxylation is 1. The second kappa shape index (κ2) is 4.91. The number of rotatable bonds is 2. The second-order valence-electron chi connectivity index (χ2n) is 3.75. The molecule has 2 aromatic rings. The normalized spacial score (nSPS) is 10.2. The van der Waals surface area contributed by atoms with Gasteiger partial charge >= 0.3 is 0 Å². The maximum absolute atomic E-state index is 13.4. The minimum absolute atomic E-state index is 0.328. The zero-order chi connectivity index (χ0) is 13.1. The number of aromatic nitrogens is 1. The van der Waals surface area contributed by atoms with Gasteiger partial charge in [0.15, 0.2) is 11.6 Å². The Morgan fingerprint density at radius 1 is 1.28 bits per heavy atom. The summed E-state index contributed by atoms with van der Waals surface area (Å²) in [6.45, 7) is 1.75. The van der Waals surface area contributed by atoms with Gasteiger partial charge in [0.05, 0.1) is 5.56 Å². The Hall–Kier alpha value is -2.30. The molecule has 0 aliphatic heterocycles. The largest absolute Gasteiger partial charge is 0.322 e. The molecule has 0 spiro atoms. The first-order chi connectivity index (χ1) is 8.59. The van der Waals surface area contributed by atoms with E-state index < -0.39 is 17.5 Å². The lowest BCUT2D eigenvalue weighted by atomic mass is 10.1. The number of carbonyl (C=O) groups excluding carboxylic acids is 1. The van der Waals surface area contributed by atoms with Gasteiger partial charge in [-0.2, -0.15) is 0 Å². The van der Waals surface area contributed by atoms with E-state index in [1.54, 1.807) is 19.2 Å². The molecule has 0 saturated heterocycles. The quantitative estimate of drug-likeness (QED) is 0.887. The average molecular weight is 248 g/mol. The van der Waals surface area contributed by atoms with E-state index in [1.165, 1.54) is 18.3 Å². The smallest absolute Gasteiger partial charge is 0.258 e. The summed E-state index contributed by atoms with van der Waals surface area (Å²) in [5, 5.41) is 2.51. The number of carbonyl (C=O) groups is 1. The molecule has 1 aromatic heterocycles. The molecule has 18 heavy (non-hydrogen) atoms. The lowest BCUT2D eigenvalue weighted by Crippen LogP contribution is -2.15. The van der Waals surface area contributed by atoms with Crippen molar-refractivity contribution in [2.75, 3.05) is 5.32 Å². The standard InChI is InChI=1S/C13H10F2N2O/c1-8-7-16-6-5-11(8)17-13(18)9-3-2-4-10(14)12(9)15/h2-7H,1H3,(H,16,17,18). The van der Waals surface area contributed by atoms with E-state index in [0.717, 1.165) is 11.6 Å². The lowest BCUT2D eigenvalue weighted by molar-refractivity contribution is 0.102. The Labute approximate surface area is 102 Å². The summed E-state index contributed by atoms with van der Waals surface area (Å²) in [6.07, 6.45) is 3.07. The number of anilines is 1. The van der Waals surface area contributed by atoms with E-state index in [4.69, 9.17) is 0 Å². The van der Waals surface area contributed by atoms with Gasteiger partial charge in [0.25, 0.3) is 5.91 Å². The van der Waals surface area contributed by atoms with Gasteiger partial charge in [-0.3, -0.25) is 9.78 Å². The third-order valence-corrected chi connectivity index (χ3v) is 2.46. The van der Waals surface area contributed by atoms with Crippen molar-refractivity contribution in [3.05, 3.63) is 59.4 Å². The number of benzene rings is 1. The summed E-state index contributed by atoms with van der Waals surface area (Å²) < 4.78 is 26.4. The third kappa shape index (κ3) is 2.34. The van der Waals surface area contributed by atoms with Crippen LogP contribution in [0.1, 0.15) is 15.9 Å². The Kier molecular flexibility index (Phi) is 3.32. The number of hydrogen-bond donors (Lipinski definition) is 1. The summed E-state index contributed by atoms with van der Waals surface area (Å²) in [5.41, 5.74) is 0.924. The maximum atomic E-state index is 13.4. The summed E-state index contributed by atoms with van der Waals surface area (Å²) in [4.78, 5) is 15.7. The fraction of sp³-hybridized carbons (Fsp3) is 0.0769. The molecule has 0 fully saturated rings. The third-order valence-electron chi connectivity index (χ3n) is 2.46. The molecule has 0 unspecified atom stereocenters. The van der Waals surface area contributed by atoms with Crippen molar-refractivity contribution >= 4 is 11.6 Å². The Balaban J connectivity index is 2.28. The first-order valence-electron chi connectivity index (χ1n) is 5.25. The molecule has 1 N–H and O–H groups in total. The Morgan fingerprint density at radius 3 is 2.78 bits per heavy atom. The van der Waals surface area contributed by atoms with Gasteiger partial charge in [-0.1, -0.05) is 6.07 Å². The van der Waals surface area contributed by atoms with Crippen LogP contribution in [-0.2, 0) is 0 Å². The summed E-state index contributed by atoms with van der Waals surface area (Å²) >= 11 is 0. The highest BCUT2D eigenvalue weighted by Crippen LogP contribution is 2.16. The first-order valence-corrected chi connectivity index (χ1v) is 5.25. The fourth-order valence-corrected chi connectivity index (χ4v) is 1.48. The average Bonchev–Trinajstić information content (AvgIpc) is 2.35. The number of nitrogens with zero attached hydrogens (tertiary/aromatic N) is 1. The Bertz CT molecular complexity index is 599. The molecule has 5 heteroatoms. The van der Waals surface area contributed by atoms with Crippen LogP contribution in [0.4, 0.5) is 14.5 Å². The summed E-state index contributed by atoms with van der Waals surface area (Å²) in [6, 6.07) is 5.06. The molecular weight excluding hydrogens is 238 g/mol. The molecule has 1 heterocycles. The van der Waals surface area contributed by atoms with Gasteiger partial charge in [0.1, 0.15) is 0 Å². The molecule has 92 valence electrons. The van der Waals surface area contributed by atoms with Crippen LogP contribution < -0.4 is 5.32 Å². The fourth-order valence-electron chi connectivity index (χ4n) is 1.48. The predicted molar refractivity (Wildman–Crippen MR) is 63.3 cm³/mol. The highest BCUT2D eigenvalue weighted by Gasteiger charge is 2.15. The number of amides is 1. The molecule has 1 amide bonds. The molecule has 2 rings (SSSR count). The van der Waals surface area contributed by atoms with Crippen molar-refractivity contribution in [2.45, 2.75) is 6.92 Å². The molecule has 0 radical (unpaired) electrons. The van der Waals surface area contributed by atoms with E-state index in [2.05, 4.69) is 10.3 Å². The highest BCUT2D eigenvalue weighted by molar-refractivity contribution is 6.04. The van der Waals surface area contributed by atoms with Crippen molar-refractivity contribution < 1.29 is 13.6 Å². The topological polar surface area (TPSA) is 42.0 Å². The molecule has 1 aromatic carbocycles. The zero-order valence-electron chi connectivity index (χ0n) is 9.58. The van der Waals surface area contributed by atoms with Crippen molar-refractivity contribution in [2.24, 2.45) is 0 Å². The van der Waals surface area contributed by atoms with Crippen LogP contribution in [0.25, 0.3) is 0 Å². The molecule has 0 bridgehead atoms. The SMILES string of the molecule is Cc1cnccc1NC(=O)c1cccc(F)c1F. The summed E-state index contributed by atoms with van der Waals surface area (Å²) in [7, 11) is 0. The van der Waals surface area contributed by atoms with Crippen molar-refractivity contribution in [1.29, 1.82) is 0 Å². The molecule has 0 aliphatic rings. The van der Waals surface area contributed by atoms with Gasteiger partial charge in [0, 0.05) is 18.1 Å². The lowest BCUT2D eigenvalue weighted by Gasteiger charge is -2.08. The van der Waals surface area contributed by atoms with Crippen LogP contribution in [0.5, 0.6) is 0 Å². The monoisotopic (exact) mass is 248 g/mol. The molecule has 0 atom stereocenters. The van der Waals surface area contributed by atoms with E-state index in [-0.39, 0.29) is 5.56 Å². The number of pyridine rings is 1. The van der Waals surface area contributed by atoms with Gasteiger partial charge < -0.3 is 5.32 Å². The maximum Gasteiger partial charge on any atom is 0.258 e. The minimum Gasteiger partial charge on any atom is -0.322 e. The van der Waals surface area contributed by atoms with Crippen LogP contribution in [0.15, 0.2) is 36.7 Å². The number of nitrogens with one attached hydrogen (secondary N) is 1. The molecule has 0 saturated carbocycles. The number of hydrogen-bond acceptors (Lipinski definition) is 2. The zero-order valence-corrected chi connectivity index (χ0v) is 9.58. The van der Waals surface area contributed by atoms with E-state index in [9.17, 15) is 13.6 Å². The summed E-state index contributed by atoms with van der Waals surface area (Å²) in [5.74, 6) is -2.89. The van der Waals surface area contributed by atoms with Gasteiger partial charge in [-0.05, 0) is 30.7 Å². The van der Waals surface area contributed by atoms with E-state index >= 15 is 0 Å². The van der Waals surface area contributed by atoms with Crippen LogP contribution in [0.3, 0.4) is 0 Å². The van der Waals surface area contributed by atoms with Crippen LogP contribution in [0, 0.1) is 18.6 Å². The van der Waals surface area contributed by atoms with Crippen LogP contribution >= 0.6 is 0 Å². The van der Waals surface area contributed by atoms with Crippen molar-refractivity contribution in [1.82, 2.24) is 4.98 Å². The molecular formula is C13H10F2N2O. The predicted octanol–water partition coefficient (Wildman–Crippen LogP) is 2.92. The van der Waals surface area contributed by atoms with Crippen LogP contribution in [-0.4, -0.2) is 10.9 Å². The van der Waals surface area contributed by atoms with E-state index in [0.29, 0.717) is 5.69 Å². The molecule has 0 aliphatic carbocycles. The number of halogens is 2. The highest BCUT2D eigenvalue weighted by atomic mass is 19.2. The van der Waals surface area contributed by atoms with E-state index in [1.807, 2.05) is 0 Å². The second-order valence-corrected chi connectivity index (χ2v) is 3.75. The van der Waals surface area contributed by atoms with Crippen molar-refractivity contribution in [3.63, 3.8) is 0 Å². The Morgan fingerprint density at radius 2 is 2.06 bits per heavy atom. The van der Waals surface area contributed by atoms with Gasteiger partial charge in [-0.25, -0.2) is 8.78 Å². The molecule has 3 nitrogen and oxygen atoms in total. The van der Waals surface area contributed by atoms with Gasteiger partial charge in [0.2, 0.25) is 0 Å². The van der Waals surface area contributed by atoms with Crippen molar-refractivity contribution in [3.8, 4) is 0 Å². The van der Waals surface area contributed by atoms with Crippen LogP contribution in [0.2, 0.25) is 0 Å².